The van der Waals surface area contributed by atoms with E-state index in [2.05, 4.69) is 4.90 Å². The Kier molecular flexibility index (Phi) is 5.78. The van der Waals surface area contributed by atoms with Crippen LogP contribution < -0.4 is 4.74 Å². The fraction of sp³-hybridized carbons (Fsp3) is 0.647. The van der Waals surface area contributed by atoms with Crippen LogP contribution in [0.25, 0.3) is 0 Å². The molecule has 0 bridgehead atoms. The summed E-state index contributed by atoms with van der Waals surface area (Å²) in [6.45, 7) is 3.78. The second-order valence-corrected chi connectivity index (χ2v) is 6.24. The van der Waals surface area contributed by atoms with Crippen molar-refractivity contribution in [2.24, 2.45) is 5.41 Å². The molecule has 0 amide bonds. The van der Waals surface area contributed by atoms with Gasteiger partial charge in [-0.15, -0.1) is 0 Å². The third-order valence-electron chi connectivity index (χ3n) is 4.68. The van der Waals surface area contributed by atoms with Crippen molar-refractivity contribution in [3.63, 3.8) is 0 Å². The van der Waals surface area contributed by atoms with Crippen LogP contribution >= 0.6 is 0 Å². The molecule has 1 aliphatic heterocycles. The molecule has 2 atom stereocenters. The van der Waals surface area contributed by atoms with Gasteiger partial charge in [-0.1, -0.05) is 19.4 Å². The number of hydrogen-bond acceptors (Lipinski definition) is 4. The monoisotopic (exact) mass is 311 g/mol. The van der Waals surface area contributed by atoms with Gasteiger partial charge in [-0.25, -0.2) is 4.39 Å². The van der Waals surface area contributed by atoms with Crippen molar-refractivity contribution in [2.75, 3.05) is 26.8 Å². The van der Waals surface area contributed by atoms with Gasteiger partial charge in [0.2, 0.25) is 0 Å². The van der Waals surface area contributed by atoms with Crippen LogP contribution in [0.2, 0.25) is 0 Å². The fourth-order valence-electron chi connectivity index (χ4n) is 3.38. The summed E-state index contributed by atoms with van der Waals surface area (Å²) in [5.74, 6) is 0.224. The average molecular weight is 311 g/mol. The highest BCUT2D eigenvalue weighted by atomic mass is 19.1. The molecule has 1 aliphatic rings. The molecule has 0 saturated carbocycles. The number of methoxy groups -OCH3 is 1. The summed E-state index contributed by atoms with van der Waals surface area (Å²) in [6.07, 6.45) is 1.79. The van der Waals surface area contributed by atoms with Gasteiger partial charge in [0, 0.05) is 36.7 Å². The van der Waals surface area contributed by atoms with Gasteiger partial charge < -0.3 is 14.9 Å². The number of rotatable bonds is 6. The Hall–Kier alpha value is -1.17. The Morgan fingerprint density at radius 1 is 1.45 bits per heavy atom. The summed E-state index contributed by atoms with van der Waals surface area (Å²) < 4.78 is 19.1. The third-order valence-corrected chi connectivity index (χ3v) is 4.68. The summed E-state index contributed by atoms with van der Waals surface area (Å²) >= 11 is 0. The summed E-state index contributed by atoms with van der Waals surface area (Å²) in [7, 11) is 1.51. The zero-order chi connectivity index (χ0) is 16.2. The van der Waals surface area contributed by atoms with Crippen LogP contribution in [0.5, 0.6) is 5.75 Å². The molecular formula is C17H26FNO3. The lowest BCUT2D eigenvalue weighted by Crippen LogP contribution is -2.53. The smallest absolute Gasteiger partial charge is 0.131 e. The van der Waals surface area contributed by atoms with Crippen molar-refractivity contribution in [1.82, 2.24) is 4.90 Å². The van der Waals surface area contributed by atoms with E-state index >= 15 is 0 Å². The van der Waals surface area contributed by atoms with Crippen LogP contribution in [0.15, 0.2) is 18.2 Å². The van der Waals surface area contributed by atoms with E-state index in [9.17, 15) is 14.6 Å². The van der Waals surface area contributed by atoms with Crippen molar-refractivity contribution < 1.29 is 19.3 Å². The van der Waals surface area contributed by atoms with Crippen molar-refractivity contribution in [1.29, 1.82) is 0 Å². The summed E-state index contributed by atoms with van der Waals surface area (Å²) in [5, 5.41) is 20.1. The number of piperidine rings is 1. The Bertz CT molecular complexity index is 497. The fourth-order valence-corrected chi connectivity index (χ4v) is 3.38. The van der Waals surface area contributed by atoms with Crippen LogP contribution in [-0.2, 0) is 6.54 Å². The second-order valence-electron chi connectivity index (χ2n) is 6.24. The molecular weight excluding hydrogens is 285 g/mol. The number of halogens is 1. The van der Waals surface area contributed by atoms with Gasteiger partial charge in [0.1, 0.15) is 11.6 Å². The maximum atomic E-state index is 14.1. The number of benzene rings is 1. The van der Waals surface area contributed by atoms with Gasteiger partial charge in [0.15, 0.2) is 0 Å². The molecule has 5 heteroatoms. The van der Waals surface area contributed by atoms with E-state index in [1.165, 1.54) is 13.2 Å². The van der Waals surface area contributed by atoms with E-state index in [1.54, 1.807) is 12.1 Å². The van der Waals surface area contributed by atoms with Gasteiger partial charge in [0.05, 0.1) is 19.8 Å². The lowest BCUT2D eigenvalue weighted by Gasteiger charge is -2.45. The Balaban J connectivity index is 2.10. The topological polar surface area (TPSA) is 52.9 Å². The van der Waals surface area contributed by atoms with Crippen molar-refractivity contribution >= 4 is 0 Å². The Morgan fingerprint density at radius 2 is 2.23 bits per heavy atom. The first-order valence-electron chi connectivity index (χ1n) is 7.88. The number of hydrogen-bond donors (Lipinski definition) is 2. The van der Waals surface area contributed by atoms with Crippen molar-refractivity contribution in [2.45, 2.75) is 38.8 Å². The molecule has 0 aliphatic carbocycles. The normalized spacial score (nSPS) is 26.1. The molecule has 1 fully saturated rings. The predicted octanol–water partition coefficient (Wildman–Crippen LogP) is 2.18. The van der Waals surface area contributed by atoms with Gasteiger partial charge in [0.25, 0.3) is 0 Å². The average Bonchev–Trinajstić information content (AvgIpc) is 2.52. The zero-order valence-corrected chi connectivity index (χ0v) is 13.4. The number of ether oxygens (including phenoxy) is 1. The zero-order valence-electron chi connectivity index (χ0n) is 13.4. The molecule has 0 unspecified atom stereocenters. The number of aliphatic hydroxyl groups excluding tert-OH is 2. The summed E-state index contributed by atoms with van der Waals surface area (Å²) in [4.78, 5) is 2.11. The summed E-state index contributed by atoms with van der Waals surface area (Å²) in [5.41, 5.74) is 0.121. The van der Waals surface area contributed by atoms with E-state index in [0.29, 0.717) is 37.4 Å². The molecule has 124 valence electrons. The van der Waals surface area contributed by atoms with Gasteiger partial charge in [-0.2, -0.15) is 0 Å². The van der Waals surface area contributed by atoms with E-state index in [4.69, 9.17) is 4.74 Å². The molecule has 1 aromatic rings. The highest BCUT2D eigenvalue weighted by Crippen LogP contribution is 2.35. The quantitative estimate of drug-likeness (QED) is 0.845. The van der Waals surface area contributed by atoms with E-state index in [-0.39, 0.29) is 12.4 Å². The molecule has 1 aromatic carbocycles. The van der Waals surface area contributed by atoms with E-state index in [0.717, 1.165) is 12.8 Å². The van der Waals surface area contributed by atoms with Gasteiger partial charge >= 0.3 is 0 Å². The molecule has 22 heavy (non-hydrogen) atoms. The van der Waals surface area contributed by atoms with Crippen molar-refractivity contribution in [3.8, 4) is 5.75 Å². The second kappa shape index (κ2) is 7.40. The number of likely N-dealkylation sites (tertiary alicyclic amines) is 1. The minimum Gasteiger partial charge on any atom is -0.497 e. The molecule has 1 heterocycles. The lowest BCUT2D eigenvalue weighted by molar-refractivity contribution is -0.0821. The van der Waals surface area contributed by atoms with Crippen LogP contribution in [-0.4, -0.2) is 48.0 Å². The molecule has 0 aromatic heterocycles. The van der Waals surface area contributed by atoms with Gasteiger partial charge in [-0.05, 0) is 18.9 Å². The first kappa shape index (κ1) is 17.2. The van der Waals surface area contributed by atoms with Crippen molar-refractivity contribution in [3.05, 3.63) is 29.6 Å². The standard InChI is InChI=1S/C17H26FNO3/c1-3-7-17(12-20)11-19(8-6-16(17)21)10-13-4-5-14(22-2)9-15(13)18/h4-5,9,16,20-21H,3,6-8,10-12H2,1-2H3/t16-,17+/m1/s1. The predicted molar refractivity (Wildman–Crippen MR) is 83.3 cm³/mol. The first-order valence-corrected chi connectivity index (χ1v) is 7.88. The highest BCUT2D eigenvalue weighted by molar-refractivity contribution is 5.28. The minimum atomic E-state index is -0.491. The third kappa shape index (κ3) is 3.59. The Morgan fingerprint density at radius 3 is 2.82 bits per heavy atom. The minimum absolute atomic E-state index is 0.0381. The molecule has 2 rings (SSSR count). The first-order chi connectivity index (χ1) is 10.5. The molecule has 0 spiro atoms. The van der Waals surface area contributed by atoms with Gasteiger partial charge in [-0.3, -0.25) is 4.90 Å². The molecule has 0 radical (unpaired) electrons. The maximum absolute atomic E-state index is 14.1. The highest BCUT2D eigenvalue weighted by Gasteiger charge is 2.41. The molecule has 4 nitrogen and oxygen atoms in total. The maximum Gasteiger partial charge on any atom is 0.131 e. The summed E-state index contributed by atoms with van der Waals surface area (Å²) in [6, 6.07) is 4.88. The van der Waals surface area contributed by atoms with E-state index < -0.39 is 11.5 Å². The molecule has 2 N–H and O–H groups in total. The number of nitrogens with zero attached hydrogens (tertiary/aromatic N) is 1. The van der Waals surface area contributed by atoms with Crippen LogP contribution in [0, 0.1) is 11.2 Å². The lowest BCUT2D eigenvalue weighted by atomic mass is 9.74. The number of aliphatic hydroxyl groups is 2. The Labute approximate surface area is 131 Å². The van der Waals surface area contributed by atoms with Crippen LogP contribution in [0.4, 0.5) is 4.39 Å². The van der Waals surface area contributed by atoms with E-state index in [1.807, 2.05) is 6.92 Å². The molecule has 1 saturated heterocycles. The SMILES string of the molecule is CCC[C@@]1(CO)CN(Cc2ccc(OC)cc2F)CC[C@H]1O. The largest absolute Gasteiger partial charge is 0.497 e. The van der Waals surface area contributed by atoms with Crippen LogP contribution in [0.1, 0.15) is 31.7 Å². The van der Waals surface area contributed by atoms with Crippen LogP contribution in [0.3, 0.4) is 0 Å².